The summed E-state index contributed by atoms with van der Waals surface area (Å²) in [6.45, 7) is 0.168. The first-order valence-corrected chi connectivity index (χ1v) is 7.48. The molecule has 1 aliphatic heterocycles. The third-order valence-electron chi connectivity index (χ3n) is 4.87. The van der Waals surface area contributed by atoms with Gasteiger partial charge in [0.1, 0.15) is 17.7 Å². The first-order valence-electron chi connectivity index (χ1n) is 7.48. The van der Waals surface area contributed by atoms with Crippen LogP contribution in [-0.4, -0.2) is 28.1 Å². The van der Waals surface area contributed by atoms with Crippen molar-refractivity contribution in [3.8, 4) is 0 Å². The number of carboxylic acid groups (broad SMARTS) is 1. The smallest absolute Gasteiger partial charge is 0.320 e. The number of hydrogen-bond donors (Lipinski definition) is 1. The Kier molecular flexibility index (Phi) is 3.93. The van der Waals surface area contributed by atoms with Crippen molar-refractivity contribution in [3.63, 3.8) is 0 Å². The molecule has 1 aromatic carbocycles. The monoisotopic (exact) mass is 295 g/mol. The molecule has 2 aliphatic rings. The molecule has 1 heterocycles. The highest BCUT2D eigenvalue weighted by atomic mass is 19.1. The van der Waals surface area contributed by atoms with E-state index in [9.17, 15) is 18.7 Å². The van der Waals surface area contributed by atoms with Crippen LogP contribution in [0.25, 0.3) is 0 Å². The minimum atomic E-state index is -0.860. The minimum absolute atomic E-state index is 0.168. The molecule has 5 heteroatoms. The third kappa shape index (κ3) is 2.79. The number of aliphatic carboxylic acids is 1. The molecular formula is C16H19F2NO2. The van der Waals surface area contributed by atoms with Gasteiger partial charge in [0, 0.05) is 18.2 Å². The van der Waals surface area contributed by atoms with Crippen LogP contribution in [0.1, 0.15) is 37.7 Å². The van der Waals surface area contributed by atoms with Crippen LogP contribution in [0.4, 0.5) is 8.78 Å². The van der Waals surface area contributed by atoms with Crippen molar-refractivity contribution in [1.82, 2.24) is 4.90 Å². The lowest BCUT2D eigenvalue weighted by Gasteiger charge is -2.33. The predicted octanol–water partition coefficient (Wildman–Crippen LogP) is 3.18. The molecule has 2 fully saturated rings. The SMILES string of the molecule is O=C(O)[C@@H]1C[C@H]2CCCC[C@H]2N1Cc1cc(F)ccc1F. The first-order chi connectivity index (χ1) is 10.1. The Morgan fingerprint density at radius 3 is 2.81 bits per heavy atom. The maximum atomic E-state index is 13.8. The summed E-state index contributed by atoms with van der Waals surface area (Å²) in [5.74, 6) is -1.45. The number of halogens is 2. The molecule has 3 atom stereocenters. The van der Waals surface area contributed by atoms with Crippen LogP contribution in [-0.2, 0) is 11.3 Å². The van der Waals surface area contributed by atoms with E-state index in [0.29, 0.717) is 12.3 Å². The van der Waals surface area contributed by atoms with Gasteiger partial charge in [0.2, 0.25) is 0 Å². The average molecular weight is 295 g/mol. The number of nitrogens with zero attached hydrogens (tertiary/aromatic N) is 1. The second-order valence-corrected chi connectivity index (χ2v) is 6.11. The average Bonchev–Trinajstić information content (AvgIpc) is 2.82. The van der Waals surface area contributed by atoms with Gasteiger partial charge in [-0.25, -0.2) is 8.78 Å². The highest BCUT2D eigenvalue weighted by molar-refractivity contribution is 5.74. The van der Waals surface area contributed by atoms with Crippen molar-refractivity contribution < 1.29 is 18.7 Å². The molecule has 3 nitrogen and oxygen atoms in total. The lowest BCUT2D eigenvalue weighted by molar-refractivity contribution is -0.142. The molecule has 0 spiro atoms. The van der Waals surface area contributed by atoms with Crippen LogP contribution >= 0.6 is 0 Å². The Hall–Kier alpha value is -1.49. The first kappa shape index (κ1) is 14.4. The zero-order chi connectivity index (χ0) is 15.0. The largest absolute Gasteiger partial charge is 0.480 e. The summed E-state index contributed by atoms with van der Waals surface area (Å²) in [6, 6.07) is 2.96. The van der Waals surface area contributed by atoms with E-state index in [1.807, 2.05) is 4.90 Å². The number of carboxylic acids is 1. The van der Waals surface area contributed by atoms with Crippen molar-refractivity contribution in [2.24, 2.45) is 5.92 Å². The molecule has 1 saturated heterocycles. The van der Waals surface area contributed by atoms with Crippen molar-refractivity contribution in [3.05, 3.63) is 35.4 Å². The predicted molar refractivity (Wildman–Crippen MR) is 73.7 cm³/mol. The third-order valence-corrected chi connectivity index (χ3v) is 4.87. The minimum Gasteiger partial charge on any atom is -0.480 e. The van der Waals surface area contributed by atoms with Gasteiger partial charge in [-0.15, -0.1) is 0 Å². The standard InChI is InChI=1S/C16H19F2NO2/c17-12-5-6-13(18)11(7-12)9-19-14-4-2-1-3-10(14)8-15(19)16(20)21/h5-7,10,14-15H,1-4,8-9H2,(H,20,21)/t10-,14-,15+/m1/s1. The summed E-state index contributed by atoms with van der Waals surface area (Å²) in [6.07, 6.45) is 4.82. The van der Waals surface area contributed by atoms with Gasteiger partial charge in [-0.1, -0.05) is 12.8 Å². The molecule has 0 unspecified atom stereocenters. The van der Waals surface area contributed by atoms with Crippen LogP contribution < -0.4 is 0 Å². The number of fused-ring (bicyclic) bond motifs is 1. The number of rotatable bonds is 3. The summed E-state index contributed by atoms with van der Waals surface area (Å²) >= 11 is 0. The summed E-state index contributed by atoms with van der Waals surface area (Å²) < 4.78 is 27.1. The Morgan fingerprint density at radius 2 is 2.05 bits per heavy atom. The quantitative estimate of drug-likeness (QED) is 0.931. The highest BCUT2D eigenvalue weighted by Gasteiger charge is 2.45. The van der Waals surface area contributed by atoms with E-state index in [0.717, 1.165) is 37.8 Å². The molecule has 1 aromatic rings. The van der Waals surface area contributed by atoms with Crippen LogP contribution in [0.2, 0.25) is 0 Å². The van der Waals surface area contributed by atoms with Gasteiger partial charge in [-0.05, 0) is 43.4 Å². The normalized spacial score (nSPS) is 29.3. The van der Waals surface area contributed by atoms with E-state index in [1.165, 1.54) is 6.07 Å². The van der Waals surface area contributed by atoms with Crippen LogP contribution in [0.5, 0.6) is 0 Å². The van der Waals surface area contributed by atoms with E-state index in [4.69, 9.17) is 0 Å². The fourth-order valence-electron chi connectivity index (χ4n) is 3.88. The summed E-state index contributed by atoms with van der Waals surface area (Å²) in [5.41, 5.74) is 0.243. The van der Waals surface area contributed by atoms with Crippen molar-refractivity contribution in [2.45, 2.75) is 50.7 Å². The second-order valence-electron chi connectivity index (χ2n) is 6.11. The molecule has 1 saturated carbocycles. The number of benzene rings is 1. The maximum Gasteiger partial charge on any atom is 0.320 e. The summed E-state index contributed by atoms with van der Waals surface area (Å²) in [5, 5.41) is 9.42. The highest BCUT2D eigenvalue weighted by Crippen LogP contribution is 2.40. The molecule has 21 heavy (non-hydrogen) atoms. The Bertz CT molecular complexity index is 549. The van der Waals surface area contributed by atoms with Gasteiger partial charge in [0.25, 0.3) is 0 Å². The lowest BCUT2D eigenvalue weighted by Crippen LogP contribution is -2.41. The molecule has 3 rings (SSSR count). The molecule has 0 aromatic heterocycles. The number of likely N-dealkylation sites (tertiary alicyclic amines) is 1. The van der Waals surface area contributed by atoms with Crippen LogP contribution in [0.3, 0.4) is 0 Å². The summed E-state index contributed by atoms with van der Waals surface area (Å²) in [4.78, 5) is 13.4. The Morgan fingerprint density at radius 1 is 1.29 bits per heavy atom. The Balaban J connectivity index is 1.86. The van der Waals surface area contributed by atoms with Crippen molar-refractivity contribution in [1.29, 1.82) is 0 Å². The molecule has 0 radical (unpaired) electrons. The van der Waals surface area contributed by atoms with E-state index >= 15 is 0 Å². The molecule has 114 valence electrons. The van der Waals surface area contributed by atoms with Crippen molar-refractivity contribution >= 4 is 5.97 Å². The van der Waals surface area contributed by atoms with Crippen LogP contribution in [0.15, 0.2) is 18.2 Å². The number of carbonyl (C=O) groups is 1. The van der Waals surface area contributed by atoms with Gasteiger partial charge >= 0.3 is 5.97 Å². The zero-order valence-corrected chi connectivity index (χ0v) is 11.8. The topological polar surface area (TPSA) is 40.5 Å². The van der Waals surface area contributed by atoms with Gasteiger partial charge in [0.15, 0.2) is 0 Å². The fourth-order valence-corrected chi connectivity index (χ4v) is 3.88. The van der Waals surface area contributed by atoms with E-state index in [-0.39, 0.29) is 18.2 Å². The number of hydrogen-bond acceptors (Lipinski definition) is 2. The molecule has 1 aliphatic carbocycles. The fraction of sp³-hybridized carbons (Fsp3) is 0.562. The van der Waals surface area contributed by atoms with Gasteiger partial charge < -0.3 is 5.11 Å². The van der Waals surface area contributed by atoms with E-state index < -0.39 is 23.6 Å². The maximum absolute atomic E-state index is 13.8. The molecule has 1 N–H and O–H groups in total. The van der Waals surface area contributed by atoms with Gasteiger partial charge in [0.05, 0.1) is 0 Å². The van der Waals surface area contributed by atoms with Gasteiger partial charge in [-0.2, -0.15) is 0 Å². The van der Waals surface area contributed by atoms with Crippen molar-refractivity contribution in [2.75, 3.05) is 0 Å². The Labute approximate surface area is 122 Å². The lowest BCUT2D eigenvalue weighted by atomic mass is 9.84. The molecular weight excluding hydrogens is 276 g/mol. The van der Waals surface area contributed by atoms with E-state index in [2.05, 4.69) is 0 Å². The zero-order valence-electron chi connectivity index (χ0n) is 11.8. The second kappa shape index (κ2) is 5.72. The van der Waals surface area contributed by atoms with E-state index in [1.54, 1.807) is 0 Å². The van der Waals surface area contributed by atoms with Gasteiger partial charge in [-0.3, -0.25) is 9.69 Å². The summed E-state index contributed by atoms with van der Waals surface area (Å²) in [7, 11) is 0. The molecule has 0 amide bonds. The van der Waals surface area contributed by atoms with Crippen LogP contribution in [0, 0.1) is 17.6 Å². The molecule has 0 bridgehead atoms.